The van der Waals surface area contributed by atoms with E-state index in [1.165, 1.54) is 24.3 Å². The maximum absolute atomic E-state index is 12.7. The minimum Gasteiger partial charge on any atom is -0.490 e. The predicted octanol–water partition coefficient (Wildman–Crippen LogP) is 4.67. The monoisotopic (exact) mass is 625 g/mol. The molecular formula is C31H35N3O9S. The van der Waals surface area contributed by atoms with Gasteiger partial charge in [0.25, 0.3) is 11.6 Å². The molecule has 3 N–H and O–H groups in total. The Balaban J connectivity index is 1.33. The number of sulfonamides is 1. The van der Waals surface area contributed by atoms with E-state index >= 15 is 0 Å². The molecule has 0 aliphatic heterocycles. The molecule has 4 rings (SSSR count). The fraction of sp³-hybridized carbons (Fsp3) is 0.355. The number of rotatable bonds is 12. The summed E-state index contributed by atoms with van der Waals surface area (Å²) in [5.41, 5.74) is 2.84. The molecule has 0 spiro atoms. The molecule has 0 unspecified atom stereocenters. The smallest absolute Gasteiger partial charge is 0.407 e. The van der Waals surface area contributed by atoms with Gasteiger partial charge in [0.05, 0.1) is 42.1 Å². The molecule has 1 fully saturated rings. The van der Waals surface area contributed by atoms with Gasteiger partial charge in [0.2, 0.25) is 10.0 Å². The van der Waals surface area contributed by atoms with Gasteiger partial charge in [-0.15, -0.1) is 0 Å². The fourth-order valence-corrected chi connectivity index (χ4v) is 5.34. The summed E-state index contributed by atoms with van der Waals surface area (Å²) in [5, 5.41) is 23.6. The highest BCUT2D eigenvalue weighted by atomic mass is 32.2. The lowest BCUT2D eigenvalue weighted by Gasteiger charge is -2.24. The number of hydrogen-bond donors (Lipinski definition) is 3. The molecule has 0 aromatic heterocycles. The van der Waals surface area contributed by atoms with Gasteiger partial charge in [-0.2, -0.15) is 0 Å². The van der Waals surface area contributed by atoms with Crippen molar-refractivity contribution in [3.63, 3.8) is 0 Å². The van der Waals surface area contributed by atoms with E-state index in [4.69, 9.17) is 9.47 Å². The molecule has 1 aliphatic carbocycles. The van der Waals surface area contributed by atoms with Crippen LogP contribution in [0.5, 0.6) is 5.75 Å². The number of hydrogen-bond acceptors (Lipinski definition) is 9. The third kappa shape index (κ3) is 9.51. The number of amides is 2. The lowest BCUT2D eigenvalue weighted by molar-refractivity contribution is -0.385. The number of carbonyl (C=O) groups is 2. The van der Waals surface area contributed by atoms with Crippen molar-refractivity contribution in [2.45, 2.75) is 50.7 Å². The largest absolute Gasteiger partial charge is 0.490 e. The van der Waals surface area contributed by atoms with Crippen molar-refractivity contribution in [2.24, 2.45) is 0 Å². The Bertz CT molecular complexity index is 1590. The van der Waals surface area contributed by atoms with Crippen molar-refractivity contribution in [1.29, 1.82) is 0 Å². The second-order valence-corrected chi connectivity index (χ2v) is 12.4. The minimum absolute atomic E-state index is 0.0496. The number of aliphatic hydroxyl groups excluding tert-OH is 1. The average molecular weight is 626 g/mol. The van der Waals surface area contributed by atoms with Crippen molar-refractivity contribution in [3.8, 4) is 16.9 Å². The lowest BCUT2D eigenvalue weighted by atomic mass is 9.97. The SMILES string of the molecule is CS(=O)(=O)NC(=O)c1ccc(-c2ccc(CCOC(=O)NC[C@H](O)c3cccc([N+](=O)[O-])c3)cc2)cc1OC1CCCCC1. The number of carbonyl (C=O) groups excluding carboxylic acids is 2. The summed E-state index contributed by atoms with van der Waals surface area (Å²) < 4.78 is 36.7. The number of nitro benzene ring substituents is 1. The van der Waals surface area contributed by atoms with E-state index in [0.29, 0.717) is 17.7 Å². The summed E-state index contributed by atoms with van der Waals surface area (Å²) in [6, 6.07) is 18.1. The van der Waals surface area contributed by atoms with Gasteiger partial charge in [-0.3, -0.25) is 14.9 Å². The first-order valence-corrected chi connectivity index (χ1v) is 16.1. The van der Waals surface area contributed by atoms with Crippen LogP contribution in [0.25, 0.3) is 11.1 Å². The van der Waals surface area contributed by atoms with E-state index in [-0.39, 0.29) is 30.5 Å². The van der Waals surface area contributed by atoms with Gasteiger partial charge in [-0.1, -0.05) is 48.9 Å². The van der Waals surface area contributed by atoms with Gasteiger partial charge in [0.15, 0.2) is 0 Å². The second-order valence-electron chi connectivity index (χ2n) is 10.6. The Morgan fingerprint density at radius 3 is 2.41 bits per heavy atom. The van der Waals surface area contributed by atoms with Gasteiger partial charge in [0, 0.05) is 18.6 Å². The molecule has 12 nitrogen and oxygen atoms in total. The first kappa shape index (κ1) is 32.4. The highest BCUT2D eigenvalue weighted by Crippen LogP contribution is 2.31. The number of benzene rings is 3. The highest BCUT2D eigenvalue weighted by Gasteiger charge is 2.22. The van der Waals surface area contributed by atoms with E-state index in [0.717, 1.165) is 55.1 Å². The summed E-state index contributed by atoms with van der Waals surface area (Å²) in [5.74, 6) is -0.419. The summed E-state index contributed by atoms with van der Waals surface area (Å²) >= 11 is 0. The van der Waals surface area contributed by atoms with Crippen LogP contribution in [-0.4, -0.2) is 56.0 Å². The molecule has 1 atom stereocenters. The molecule has 44 heavy (non-hydrogen) atoms. The maximum atomic E-state index is 12.7. The fourth-order valence-electron chi connectivity index (χ4n) is 4.89. The van der Waals surface area contributed by atoms with Crippen molar-refractivity contribution in [3.05, 3.63) is 93.5 Å². The van der Waals surface area contributed by atoms with Crippen LogP contribution in [0.3, 0.4) is 0 Å². The van der Waals surface area contributed by atoms with Crippen LogP contribution < -0.4 is 14.8 Å². The first-order valence-electron chi connectivity index (χ1n) is 14.2. The van der Waals surface area contributed by atoms with Crippen molar-refractivity contribution >= 4 is 27.7 Å². The average Bonchev–Trinajstić information content (AvgIpc) is 3.00. The number of non-ortho nitro benzene ring substituents is 1. The molecule has 0 heterocycles. The van der Waals surface area contributed by atoms with Gasteiger partial charge in [-0.25, -0.2) is 17.9 Å². The predicted molar refractivity (Wildman–Crippen MR) is 163 cm³/mol. The zero-order valence-electron chi connectivity index (χ0n) is 24.2. The minimum atomic E-state index is -3.75. The number of ether oxygens (including phenoxy) is 2. The number of alkyl carbamates (subject to hydrolysis) is 1. The quantitative estimate of drug-likeness (QED) is 0.191. The molecule has 13 heteroatoms. The number of nitrogens with zero attached hydrogens (tertiary/aromatic N) is 1. The number of aliphatic hydroxyl groups is 1. The molecular weight excluding hydrogens is 590 g/mol. The lowest BCUT2D eigenvalue weighted by Crippen LogP contribution is -2.30. The second kappa shape index (κ2) is 14.8. The van der Waals surface area contributed by atoms with Crippen molar-refractivity contribution in [1.82, 2.24) is 10.0 Å². The van der Waals surface area contributed by atoms with Crippen LogP contribution in [0.1, 0.15) is 59.7 Å². The van der Waals surface area contributed by atoms with E-state index in [1.807, 2.05) is 29.0 Å². The Kier molecular flexibility index (Phi) is 10.9. The summed E-state index contributed by atoms with van der Waals surface area (Å²) in [6.07, 6.45) is 4.38. The van der Waals surface area contributed by atoms with Crippen LogP contribution in [0, 0.1) is 10.1 Å². The normalized spacial score (nSPS) is 14.3. The molecule has 0 saturated heterocycles. The standard InChI is InChI=1S/C31H35N3O9S/c1-44(40,41)33-30(36)27-15-14-23(19-29(27)43-26-8-3-2-4-9-26)22-12-10-21(11-13-22)16-17-42-31(37)32-20-28(35)24-6-5-7-25(18-24)34(38)39/h5-7,10-15,18-19,26,28,35H,2-4,8-9,16-17,20H2,1H3,(H,32,37)(H,33,36)/t28-/m0/s1. The van der Waals surface area contributed by atoms with Crippen LogP contribution in [-0.2, 0) is 21.2 Å². The molecule has 234 valence electrons. The molecule has 1 saturated carbocycles. The van der Waals surface area contributed by atoms with E-state index < -0.39 is 33.1 Å². The van der Waals surface area contributed by atoms with Gasteiger partial charge in [-0.05, 0) is 60.1 Å². The Morgan fingerprint density at radius 1 is 1.02 bits per heavy atom. The summed E-state index contributed by atoms with van der Waals surface area (Å²) in [6.45, 7) is -0.0859. The van der Waals surface area contributed by atoms with E-state index in [9.17, 15) is 33.2 Å². The van der Waals surface area contributed by atoms with E-state index in [2.05, 4.69) is 5.32 Å². The Hall–Kier alpha value is -4.49. The van der Waals surface area contributed by atoms with Gasteiger partial charge >= 0.3 is 6.09 Å². The van der Waals surface area contributed by atoms with E-state index in [1.54, 1.807) is 18.2 Å². The third-order valence-corrected chi connectivity index (χ3v) is 7.72. The molecule has 0 bridgehead atoms. The van der Waals surface area contributed by atoms with Crippen LogP contribution in [0.4, 0.5) is 10.5 Å². The Labute approximate surface area is 255 Å². The first-order chi connectivity index (χ1) is 21.0. The van der Waals surface area contributed by atoms with Gasteiger partial charge in [0.1, 0.15) is 5.75 Å². The molecule has 3 aromatic rings. The topological polar surface area (TPSA) is 174 Å². The summed E-state index contributed by atoms with van der Waals surface area (Å²) in [7, 11) is -3.75. The van der Waals surface area contributed by atoms with Gasteiger partial charge < -0.3 is 19.9 Å². The third-order valence-electron chi connectivity index (χ3n) is 7.17. The molecule has 1 aliphatic rings. The Morgan fingerprint density at radius 2 is 1.73 bits per heavy atom. The number of nitrogens with one attached hydrogen (secondary N) is 2. The zero-order chi connectivity index (χ0) is 31.7. The van der Waals surface area contributed by atoms with Crippen LogP contribution in [0.15, 0.2) is 66.7 Å². The molecule has 0 radical (unpaired) electrons. The van der Waals surface area contributed by atoms with Crippen LogP contribution >= 0.6 is 0 Å². The maximum Gasteiger partial charge on any atom is 0.407 e. The molecule has 2 amide bonds. The number of nitro groups is 1. The van der Waals surface area contributed by atoms with Crippen molar-refractivity contribution < 1.29 is 37.5 Å². The zero-order valence-corrected chi connectivity index (χ0v) is 25.0. The summed E-state index contributed by atoms with van der Waals surface area (Å²) in [4.78, 5) is 35.1. The van der Waals surface area contributed by atoms with Crippen LogP contribution in [0.2, 0.25) is 0 Å². The van der Waals surface area contributed by atoms with Crippen molar-refractivity contribution in [2.75, 3.05) is 19.4 Å². The highest BCUT2D eigenvalue weighted by molar-refractivity contribution is 7.89. The molecule has 3 aromatic carbocycles.